The van der Waals surface area contributed by atoms with E-state index in [2.05, 4.69) is 11.3 Å². The van der Waals surface area contributed by atoms with Gasteiger partial charge >= 0.3 is 5.97 Å². The Bertz CT molecular complexity index is 605. The predicted octanol–water partition coefficient (Wildman–Crippen LogP) is 1.80. The lowest BCUT2D eigenvalue weighted by Crippen LogP contribution is -2.25. The predicted molar refractivity (Wildman–Crippen MR) is 72.8 cm³/mol. The van der Waals surface area contributed by atoms with Crippen molar-refractivity contribution < 1.29 is 18.3 Å². The zero-order chi connectivity index (χ0) is 14.6. The van der Waals surface area contributed by atoms with Gasteiger partial charge in [0.25, 0.3) is 0 Å². The van der Waals surface area contributed by atoms with Crippen molar-refractivity contribution in [3.8, 4) is 0 Å². The number of nitrogens with one attached hydrogen (secondary N) is 1. The monoisotopic (exact) mass is 283 g/mol. The Balaban J connectivity index is 3.18. The average Bonchev–Trinajstić information content (AvgIpc) is 2.35. The van der Waals surface area contributed by atoms with E-state index in [9.17, 15) is 13.2 Å². The standard InChI is InChI=1S/C13H17NO4S/c1-4-10-5-6-11(7-12(10)13(15)16)19(17,18)14-8-9(2)3/h5-7,14H,2,4,8H2,1,3H3,(H,15,16). The van der Waals surface area contributed by atoms with Crippen LogP contribution in [0.15, 0.2) is 35.2 Å². The van der Waals surface area contributed by atoms with Crippen molar-refractivity contribution in [2.75, 3.05) is 6.54 Å². The van der Waals surface area contributed by atoms with Crippen LogP contribution in [-0.2, 0) is 16.4 Å². The molecule has 0 spiro atoms. The number of hydrogen-bond acceptors (Lipinski definition) is 3. The van der Waals surface area contributed by atoms with Gasteiger partial charge in [0.05, 0.1) is 10.5 Å². The molecule has 0 aliphatic rings. The molecule has 0 aliphatic carbocycles. The second-order valence-electron chi connectivity index (χ2n) is 4.26. The molecule has 0 aliphatic heterocycles. The van der Waals surface area contributed by atoms with Crippen molar-refractivity contribution in [3.63, 3.8) is 0 Å². The Labute approximate surface area is 113 Å². The number of sulfonamides is 1. The fourth-order valence-electron chi connectivity index (χ4n) is 1.53. The minimum Gasteiger partial charge on any atom is -0.478 e. The number of rotatable bonds is 6. The van der Waals surface area contributed by atoms with Gasteiger partial charge in [-0.1, -0.05) is 25.1 Å². The largest absolute Gasteiger partial charge is 0.478 e. The number of carbonyl (C=O) groups is 1. The van der Waals surface area contributed by atoms with Crippen molar-refractivity contribution in [1.29, 1.82) is 0 Å². The number of carboxylic acid groups (broad SMARTS) is 1. The highest BCUT2D eigenvalue weighted by atomic mass is 32.2. The summed E-state index contributed by atoms with van der Waals surface area (Å²) < 4.78 is 26.3. The minimum absolute atomic E-state index is 0.0145. The molecule has 1 aromatic rings. The van der Waals surface area contributed by atoms with Gasteiger partial charge in [-0.25, -0.2) is 17.9 Å². The van der Waals surface area contributed by atoms with E-state index in [4.69, 9.17) is 5.11 Å². The molecule has 0 atom stereocenters. The van der Waals surface area contributed by atoms with Crippen LogP contribution in [0.4, 0.5) is 0 Å². The molecule has 1 rings (SSSR count). The molecule has 0 heterocycles. The normalized spacial score (nSPS) is 11.3. The van der Waals surface area contributed by atoms with Gasteiger partial charge < -0.3 is 5.11 Å². The van der Waals surface area contributed by atoms with E-state index in [-0.39, 0.29) is 17.0 Å². The van der Waals surface area contributed by atoms with Crippen molar-refractivity contribution in [1.82, 2.24) is 4.72 Å². The molecule has 0 saturated heterocycles. The summed E-state index contributed by atoms with van der Waals surface area (Å²) in [4.78, 5) is 11.0. The molecule has 0 fully saturated rings. The maximum atomic E-state index is 12.0. The summed E-state index contributed by atoms with van der Waals surface area (Å²) in [6.07, 6.45) is 0.529. The van der Waals surface area contributed by atoms with Gasteiger partial charge in [-0.15, -0.1) is 0 Å². The van der Waals surface area contributed by atoms with Gasteiger partial charge in [0.1, 0.15) is 0 Å². The van der Waals surface area contributed by atoms with Crippen molar-refractivity contribution in [2.45, 2.75) is 25.2 Å². The zero-order valence-electron chi connectivity index (χ0n) is 10.9. The molecule has 0 saturated carbocycles. The zero-order valence-corrected chi connectivity index (χ0v) is 11.8. The Hall–Kier alpha value is -1.66. The topological polar surface area (TPSA) is 83.5 Å². The molecule has 0 bridgehead atoms. The number of aromatic carboxylic acids is 1. The second kappa shape index (κ2) is 5.99. The second-order valence-corrected chi connectivity index (χ2v) is 6.03. The van der Waals surface area contributed by atoms with E-state index in [0.717, 1.165) is 0 Å². The van der Waals surface area contributed by atoms with Crippen molar-refractivity contribution >= 4 is 16.0 Å². The maximum Gasteiger partial charge on any atom is 0.336 e. The summed E-state index contributed by atoms with van der Waals surface area (Å²) in [7, 11) is -3.71. The fourth-order valence-corrected chi connectivity index (χ4v) is 2.65. The smallest absolute Gasteiger partial charge is 0.336 e. The van der Waals surface area contributed by atoms with Gasteiger partial charge in [0.15, 0.2) is 0 Å². The van der Waals surface area contributed by atoms with Gasteiger partial charge in [0.2, 0.25) is 10.0 Å². The first-order valence-electron chi connectivity index (χ1n) is 5.78. The van der Waals surface area contributed by atoms with Crippen LogP contribution in [0.2, 0.25) is 0 Å². The average molecular weight is 283 g/mol. The van der Waals surface area contributed by atoms with E-state index in [1.165, 1.54) is 18.2 Å². The quantitative estimate of drug-likeness (QED) is 0.780. The Morgan fingerprint density at radius 3 is 2.53 bits per heavy atom. The van der Waals surface area contributed by atoms with E-state index in [0.29, 0.717) is 17.6 Å². The third kappa shape index (κ3) is 3.90. The number of benzene rings is 1. The van der Waals surface area contributed by atoms with E-state index < -0.39 is 16.0 Å². The molecule has 0 aromatic heterocycles. The summed E-state index contributed by atoms with van der Waals surface area (Å²) in [5.74, 6) is -1.13. The SMILES string of the molecule is C=C(C)CNS(=O)(=O)c1ccc(CC)c(C(=O)O)c1. The van der Waals surface area contributed by atoms with Crippen LogP contribution >= 0.6 is 0 Å². The summed E-state index contributed by atoms with van der Waals surface area (Å²) >= 11 is 0. The molecule has 0 amide bonds. The van der Waals surface area contributed by atoms with Crippen LogP contribution in [0.25, 0.3) is 0 Å². The highest BCUT2D eigenvalue weighted by Gasteiger charge is 2.17. The van der Waals surface area contributed by atoms with E-state index in [1.54, 1.807) is 6.92 Å². The summed E-state index contributed by atoms with van der Waals surface area (Å²) in [6, 6.07) is 4.12. The van der Waals surface area contributed by atoms with Crippen LogP contribution in [0.1, 0.15) is 29.8 Å². The van der Waals surface area contributed by atoms with Crippen LogP contribution in [0.3, 0.4) is 0 Å². The highest BCUT2D eigenvalue weighted by molar-refractivity contribution is 7.89. The van der Waals surface area contributed by atoms with Crippen LogP contribution in [0.5, 0.6) is 0 Å². The molecule has 6 heteroatoms. The molecular weight excluding hydrogens is 266 g/mol. The Morgan fingerprint density at radius 2 is 2.05 bits per heavy atom. The third-order valence-corrected chi connectivity index (χ3v) is 3.97. The lowest BCUT2D eigenvalue weighted by Gasteiger charge is -2.09. The summed E-state index contributed by atoms with van der Waals surface area (Å²) in [5.41, 5.74) is 1.29. The van der Waals surface area contributed by atoms with Gasteiger partial charge in [-0.05, 0) is 31.0 Å². The first-order valence-corrected chi connectivity index (χ1v) is 7.26. The number of aryl methyl sites for hydroxylation is 1. The van der Waals surface area contributed by atoms with Crippen LogP contribution < -0.4 is 4.72 Å². The van der Waals surface area contributed by atoms with Crippen molar-refractivity contribution in [3.05, 3.63) is 41.5 Å². The minimum atomic E-state index is -3.71. The molecule has 1 aromatic carbocycles. The molecule has 0 unspecified atom stereocenters. The third-order valence-electron chi connectivity index (χ3n) is 2.57. The molecule has 19 heavy (non-hydrogen) atoms. The highest BCUT2D eigenvalue weighted by Crippen LogP contribution is 2.17. The van der Waals surface area contributed by atoms with Gasteiger partial charge in [0, 0.05) is 6.54 Å². The molecule has 2 N–H and O–H groups in total. The Kier molecular flexibility index (Phi) is 4.85. The van der Waals surface area contributed by atoms with Crippen LogP contribution in [-0.4, -0.2) is 26.0 Å². The number of hydrogen-bond donors (Lipinski definition) is 2. The maximum absolute atomic E-state index is 12.0. The first-order chi connectivity index (χ1) is 8.77. The number of carboxylic acids is 1. The summed E-state index contributed by atoms with van der Waals surface area (Å²) in [5, 5.41) is 9.08. The molecule has 0 radical (unpaired) electrons. The Morgan fingerprint density at radius 1 is 1.42 bits per heavy atom. The molecule has 5 nitrogen and oxygen atoms in total. The van der Waals surface area contributed by atoms with Crippen molar-refractivity contribution in [2.24, 2.45) is 0 Å². The van der Waals surface area contributed by atoms with Gasteiger partial charge in [-0.2, -0.15) is 0 Å². The lowest BCUT2D eigenvalue weighted by molar-refractivity contribution is 0.0695. The lowest BCUT2D eigenvalue weighted by atomic mass is 10.1. The fraction of sp³-hybridized carbons (Fsp3) is 0.308. The van der Waals surface area contributed by atoms with E-state index in [1.807, 2.05) is 6.92 Å². The summed E-state index contributed by atoms with van der Waals surface area (Å²) in [6.45, 7) is 7.24. The first kappa shape index (κ1) is 15.4. The van der Waals surface area contributed by atoms with Gasteiger partial charge in [-0.3, -0.25) is 0 Å². The molecule has 104 valence electrons. The molecular formula is C13H17NO4S. The van der Waals surface area contributed by atoms with Crippen LogP contribution in [0, 0.1) is 0 Å². The van der Waals surface area contributed by atoms with E-state index >= 15 is 0 Å².